The number of hydrogen-bond donors (Lipinski definition) is 0. The van der Waals surface area contributed by atoms with Crippen LogP contribution in [0.3, 0.4) is 0 Å². The van der Waals surface area contributed by atoms with Crippen molar-refractivity contribution >= 4 is 0 Å². The van der Waals surface area contributed by atoms with Crippen molar-refractivity contribution in [3.8, 4) is 0 Å². The second-order valence-electron chi connectivity index (χ2n) is 3.06. The van der Waals surface area contributed by atoms with Crippen LogP contribution >= 0.6 is 0 Å². The van der Waals surface area contributed by atoms with Gasteiger partial charge in [0.05, 0.1) is 0 Å². The van der Waals surface area contributed by atoms with Crippen molar-refractivity contribution in [2.75, 3.05) is 0 Å². The second kappa shape index (κ2) is 3.37. The number of rotatable bonds is 0. The molecule has 0 spiro atoms. The molecule has 0 unspecified atom stereocenters. The van der Waals surface area contributed by atoms with Crippen LogP contribution in [-0.4, -0.2) is 35.4 Å². The Bertz CT molecular complexity index is 346. The maximum Gasteiger partial charge on any atom is 0.488 e. The summed E-state index contributed by atoms with van der Waals surface area (Å²) in [6.45, 7) is 0. The Morgan fingerprint density at radius 2 is 1.11 bits per heavy atom. The van der Waals surface area contributed by atoms with Gasteiger partial charge >= 0.3 is 30.3 Å². The lowest BCUT2D eigenvalue weighted by atomic mass is 10.1. The topological polar surface area (TPSA) is 12.5 Å². The van der Waals surface area contributed by atoms with E-state index in [-0.39, 0.29) is 0 Å². The van der Waals surface area contributed by atoms with Crippen LogP contribution in [-0.2, 0) is 4.84 Å². The smallest absolute Gasteiger partial charge is 0.211 e. The number of hydrogen-bond acceptors (Lipinski definition) is 2. The van der Waals surface area contributed by atoms with E-state index >= 15 is 0 Å². The Labute approximate surface area is 89.8 Å². The zero-order chi connectivity index (χ0) is 14.8. The Morgan fingerprint density at radius 1 is 0.722 bits per heavy atom. The molecule has 108 valence electrons. The van der Waals surface area contributed by atoms with Gasteiger partial charge < -0.3 is 0 Å². The summed E-state index contributed by atoms with van der Waals surface area (Å²) in [5.74, 6) is -13.8. The van der Waals surface area contributed by atoms with Crippen molar-refractivity contribution in [3.05, 3.63) is 0 Å². The standard InChI is InChI=1S/C5F11NO/c6-1(7)2(8,9)4(12,13)18-17(3(1,10)11)5(14,15)16. The van der Waals surface area contributed by atoms with E-state index in [4.69, 9.17) is 0 Å². The third-order valence-corrected chi connectivity index (χ3v) is 1.83. The first-order valence-corrected chi connectivity index (χ1v) is 3.66. The van der Waals surface area contributed by atoms with Crippen LogP contribution in [0, 0.1) is 0 Å². The molecule has 0 aliphatic carbocycles. The minimum Gasteiger partial charge on any atom is -0.211 e. The number of hydroxylamine groups is 2. The summed E-state index contributed by atoms with van der Waals surface area (Å²) in [6.07, 6.45) is -13.0. The predicted octanol–water partition coefficient (Wildman–Crippen LogP) is 3.21. The largest absolute Gasteiger partial charge is 0.488 e. The molecule has 0 saturated carbocycles. The second-order valence-corrected chi connectivity index (χ2v) is 3.06. The molecular formula is C5F11NO. The van der Waals surface area contributed by atoms with Crippen LogP contribution < -0.4 is 0 Å². The molecule has 0 aromatic heterocycles. The van der Waals surface area contributed by atoms with Crippen LogP contribution in [0.2, 0.25) is 0 Å². The molecule has 1 aliphatic heterocycles. The maximum absolute atomic E-state index is 12.5. The summed E-state index contributed by atoms with van der Waals surface area (Å²) in [4.78, 5) is 2.00. The molecule has 0 N–H and O–H groups in total. The summed E-state index contributed by atoms with van der Waals surface area (Å²) in [7, 11) is 0. The lowest BCUT2D eigenvalue weighted by molar-refractivity contribution is -0.607. The first-order chi connectivity index (χ1) is 7.59. The average molecular weight is 299 g/mol. The number of nitrogens with zero attached hydrogens (tertiary/aromatic N) is 1. The maximum atomic E-state index is 12.5. The van der Waals surface area contributed by atoms with Gasteiger partial charge in [0.25, 0.3) is 0 Å². The van der Waals surface area contributed by atoms with Gasteiger partial charge in [0.1, 0.15) is 0 Å². The molecule has 1 heterocycles. The third-order valence-electron chi connectivity index (χ3n) is 1.83. The molecule has 0 radical (unpaired) electrons. The summed E-state index contributed by atoms with van der Waals surface area (Å²) in [5, 5.41) is -3.10. The molecule has 0 aromatic rings. The van der Waals surface area contributed by atoms with Gasteiger partial charge in [-0.15, -0.1) is 0 Å². The van der Waals surface area contributed by atoms with E-state index in [0.29, 0.717) is 0 Å². The fraction of sp³-hybridized carbons (Fsp3) is 1.00. The van der Waals surface area contributed by atoms with Crippen molar-refractivity contribution in [2.45, 2.75) is 30.3 Å². The zero-order valence-corrected chi connectivity index (χ0v) is 7.51. The van der Waals surface area contributed by atoms with Gasteiger partial charge in [-0.1, -0.05) is 0 Å². The first-order valence-electron chi connectivity index (χ1n) is 3.66. The Kier molecular flexibility index (Phi) is 2.85. The van der Waals surface area contributed by atoms with E-state index in [2.05, 4.69) is 0 Å². The molecule has 1 fully saturated rings. The van der Waals surface area contributed by atoms with Crippen LogP contribution in [0.15, 0.2) is 0 Å². The number of halogens is 11. The molecule has 18 heavy (non-hydrogen) atoms. The van der Waals surface area contributed by atoms with E-state index in [1.54, 1.807) is 0 Å². The van der Waals surface area contributed by atoms with Gasteiger partial charge in [0.2, 0.25) is 0 Å². The molecule has 0 atom stereocenters. The molecular weight excluding hydrogens is 299 g/mol. The van der Waals surface area contributed by atoms with E-state index in [0.717, 1.165) is 0 Å². The molecule has 0 aromatic carbocycles. The Balaban J connectivity index is 3.42. The van der Waals surface area contributed by atoms with Crippen molar-refractivity contribution < 1.29 is 53.1 Å². The minimum absolute atomic E-state index is 2.00. The Morgan fingerprint density at radius 3 is 1.44 bits per heavy atom. The molecule has 0 amide bonds. The molecule has 1 aliphatic rings. The van der Waals surface area contributed by atoms with Gasteiger partial charge in [-0.2, -0.15) is 48.3 Å². The lowest BCUT2D eigenvalue weighted by Crippen LogP contribution is -2.76. The quantitative estimate of drug-likeness (QED) is 0.503. The van der Waals surface area contributed by atoms with Gasteiger partial charge in [0, 0.05) is 0 Å². The van der Waals surface area contributed by atoms with Crippen LogP contribution in [0.4, 0.5) is 48.3 Å². The van der Waals surface area contributed by atoms with E-state index < -0.39 is 35.4 Å². The molecule has 0 bridgehead atoms. The highest BCUT2D eigenvalue weighted by Gasteiger charge is 2.90. The van der Waals surface area contributed by atoms with E-state index in [1.807, 2.05) is 4.84 Å². The van der Waals surface area contributed by atoms with E-state index in [1.165, 1.54) is 0 Å². The van der Waals surface area contributed by atoms with Gasteiger partial charge in [-0.25, -0.2) is 4.84 Å². The lowest BCUT2D eigenvalue weighted by Gasteiger charge is -2.46. The highest BCUT2D eigenvalue weighted by atomic mass is 19.4. The number of alkyl halides is 11. The monoisotopic (exact) mass is 299 g/mol. The fourth-order valence-corrected chi connectivity index (χ4v) is 0.939. The van der Waals surface area contributed by atoms with Crippen molar-refractivity contribution in [1.82, 2.24) is 5.06 Å². The Hall–Kier alpha value is -0.850. The van der Waals surface area contributed by atoms with Crippen LogP contribution in [0.25, 0.3) is 0 Å². The molecule has 2 nitrogen and oxygen atoms in total. The summed E-state index contributed by atoms with van der Waals surface area (Å²) < 4.78 is 134. The highest BCUT2D eigenvalue weighted by Crippen LogP contribution is 2.60. The van der Waals surface area contributed by atoms with Gasteiger partial charge in [0.15, 0.2) is 0 Å². The first kappa shape index (κ1) is 15.2. The SMILES string of the molecule is FC(F)(F)N1OC(F)(F)C(F)(F)C(F)(F)C1(F)F. The highest BCUT2D eigenvalue weighted by molar-refractivity contribution is 5.02. The van der Waals surface area contributed by atoms with Gasteiger partial charge in [-0.3, -0.25) is 0 Å². The normalized spacial score (nSPS) is 30.2. The third kappa shape index (κ3) is 1.63. The minimum atomic E-state index is -7.00. The molecule has 1 rings (SSSR count). The van der Waals surface area contributed by atoms with Gasteiger partial charge in [-0.05, 0) is 5.06 Å². The van der Waals surface area contributed by atoms with Crippen molar-refractivity contribution in [2.24, 2.45) is 0 Å². The molecule has 1 saturated heterocycles. The van der Waals surface area contributed by atoms with E-state index in [9.17, 15) is 48.3 Å². The summed E-state index contributed by atoms with van der Waals surface area (Å²) >= 11 is 0. The van der Waals surface area contributed by atoms with Crippen LogP contribution in [0.5, 0.6) is 0 Å². The fourth-order valence-electron chi connectivity index (χ4n) is 0.939. The zero-order valence-electron chi connectivity index (χ0n) is 7.51. The van der Waals surface area contributed by atoms with Crippen LogP contribution in [0.1, 0.15) is 0 Å². The molecule has 13 heteroatoms. The predicted molar refractivity (Wildman–Crippen MR) is 28.8 cm³/mol. The van der Waals surface area contributed by atoms with Crippen molar-refractivity contribution in [1.29, 1.82) is 0 Å². The van der Waals surface area contributed by atoms with Crippen molar-refractivity contribution in [3.63, 3.8) is 0 Å². The average Bonchev–Trinajstić information content (AvgIpc) is 2.09. The summed E-state index contributed by atoms with van der Waals surface area (Å²) in [6, 6.07) is -6.71. The summed E-state index contributed by atoms with van der Waals surface area (Å²) in [5.41, 5.74) is 0.